The molecule has 1 unspecified atom stereocenters. The molecule has 0 aliphatic heterocycles. The van der Waals surface area contributed by atoms with Crippen molar-refractivity contribution in [3.05, 3.63) is 11.8 Å². The predicted molar refractivity (Wildman–Crippen MR) is 78.4 cm³/mol. The minimum Gasteiger partial charge on any atom is -0.367 e. The van der Waals surface area contributed by atoms with Gasteiger partial charge in [-0.2, -0.15) is 18.2 Å². The molecule has 1 aromatic rings. The lowest BCUT2D eigenvalue weighted by Crippen LogP contribution is -2.19. The Bertz CT molecular complexity index is 435. The van der Waals surface area contributed by atoms with Crippen molar-refractivity contribution in [1.82, 2.24) is 9.97 Å². The van der Waals surface area contributed by atoms with Crippen molar-refractivity contribution in [3.63, 3.8) is 0 Å². The molecule has 120 valence electrons. The summed E-state index contributed by atoms with van der Waals surface area (Å²) in [5, 5.41) is 5.74. The number of hydrogen-bond donors (Lipinski definition) is 2. The Morgan fingerprint density at radius 2 is 1.90 bits per heavy atom. The van der Waals surface area contributed by atoms with E-state index in [-0.39, 0.29) is 17.8 Å². The normalized spacial score (nSPS) is 13.0. The third-order valence-electron chi connectivity index (χ3n) is 2.99. The quantitative estimate of drug-likeness (QED) is 0.703. The van der Waals surface area contributed by atoms with Gasteiger partial charge in [0.25, 0.3) is 0 Å². The zero-order valence-corrected chi connectivity index (χ0v) is 12.7. The van der Waals surface area contributed by atoms with Gasteiger partial charge >= 0.3 is 6.18 Å². The molecule has 0 amide bonds. The highest BCUT2D eigenvalue weighted by molar-refractivity contribution is 5.43. The van der Waals surface area contributed by atoms with Crippen LogP contribution in [0.3, 0.4) is 0 Å². The molecule has 0 bridgehead atoms. The van der Waals surface area contributed by atoms with Crippen LogP contribution in [0.5, 0.6) is 0 Å². The highest BCUT2D eigenvalue weighted by Crippen LogP contribution is 2.29. The zero-order valence-electron chi connectivity index (χ0n) is 12.7. The Balaban J connectivity index is 2.82. The van der Waals surface area contributed by atoms with Crippen LogP contribution in [-0.2, 0) is 6.18 Å². The summed E-state index contributed by atoms with van der Waals surface area (Å²) in [6, 6.07) is 1.03. The largest absolute Gasteiger partial charge is 0.433 e. The minimum absolute atomic E-state index is 0.00409. The molecule has 21 heavy (non-hydrogen) atoms. The van der Waals surface area contributed by atoms with Crippen molar-refractivity contribution in [2.45, 2.75) is 58.7 Å². The molecule has 1 rings (SSSR count). The average Bonchev–Trinajstić information content (AvgIpc) is 2.38. The van der Waals surface area contributed by atoms with Crippen LogP contribution in [0.25, 0.3) is 0 Å². The molecular formula is C14H23F3N4. The van der Waals surface area contributed by atoms with Crippen LogP contribution in [0.4, 0.5) is 24.9 Å². The van der Waals surface area contributed by atoms with Gasteiger partial charge in [-0.25, -0.2) is 4.98 Å². The number of nitrogens with one attached hydrogen (secondary N) is 2. The number of hydrogen-bond acceptors (Lipinski definition) is 4. The molecule has 1 heterocycles. The molecule has 1 aromatic heterocycles. The van der Waals surface area contributed by atoms with Gasteiger partial charge in [-0.15, -0.1) is 0 Å². The van der Waals surface area contributed by atoms with Gasteiger partial charge in [0.15, 0.2) is 5.69 Å². The van der Waals surface area contributed by atoms with E-state index in [9.17, 15) is 13.2 Å². The van der Waals surface area contributed by atoms with Crippen LogP contribution in [0, 0.1) is 0 Å². The zero-order chi connectivity index (χ0) is 15.9. The molecule has 1 atom stereocenters. The molecular weight excluding hydrogens is 281 g/mol. The lowest BCUT2D eigenvalue weighted by atomic mass is 10.1. The molecule has 0 fully saturated rings. The fraction of sp³-hybridized carbons (Fsp3) is 0.714. The first kappa shape index (κ1) is 17.5. The number of rotatable bonds is 8. The third kappa shape index (κ3) is 6.18. The summed E-state index contributed by atoms with van der Waals surface area (Å²) in [6.07, 6.45) is -0.304. The number of unbranched alkanes of at least 4 members (excludes halogenated alkanes) is 2. The van der Waals surface area contributed by atoms with E-state index in [1.165, 1.54) is 0 Å². The van der Waals surface area contributed by atoms with Crippen LogP contribution in [0.2, 0.25) is 0 Å². The fourth-order valence-corrected chi connectivity index (χ4v) is 1.93. The van der Waals surface area contributed by atoms with E-state index in [1.807, 2.05) is 6.92 Å². The summed E-state index contributed by atoms with van der Waals surface area (Å²) in [4.78, 5) is 7.56. The Labute approximate surface area is 123 Å². The van der Waals surface area contributed by atoms with E-state index in [4.69, 9.17) is 0 Å². The van der Waals surface area contributed by atoms with Crippen molar-refractivity contribution >= 4 is 11.8 Å². The number of aromatic nitrogens is 2. The predicted octanol–water partition coefficient (Wildman–Crippen LogP) is 4.31. The Hall–Kier alpha value is -1.53. The first-order chi connectivity index (χ1) is 9.86. The first-order valence-electron chi connectivity index (χ1n) is 7.33. The van der Waals surface area contributed by atoms with Gasteiger partial charge in [0.2, 0.25) is 5.95 Å². The second-order valence-electron chi connectivity index (χ2n) is 5.03. The van der Waals surface area contributed by atoms with Crippen molar-refractivity contribution in [1.29, 1.82) is 0 Å². The van der Waals surface area contributed by atoms with Gasteiger partial charge in [0.1, 0.15) is 5.82 Å². The molecule has 0 aliphatic carbocycles. The first-order valence-corrected chi connectivity index (χ1v) is 7.33. The van der Waals surface area contributed by atoms with Crippen molar-refractivity contribution < 1.29 is 13.2 Å². The van der Waals surface area contributed by atoms with Gasteiger partial charge in [-0.3, -0.25) is 0 Å². The van der Waals surface area contributed by atoms with E-state index < -0.39 is 11.9 Å². The Kier molecular flexibility index (Phi) is 6.71. The van der Waals surface area contributed by atoms with Crippen LogP contribution < -0.4 is 10.6 Å². The minimum atomic E-state index is -4.48. The smallest absolute Gasteiger partial charge is 0.367 e. The van der Waals surface area contributed by atoms with Crippen LogP contribution >= 0.6 is 0 Å². The summed E-state index contributed by atoms with van der Waals surface area (Å²) in [7, 11) is 0. The molecule has 0 spiro atoms. The van der Waals surface area contributed by atoms with Crippen LogP contribution in [0.1, 0.15) is 52.1 Å². The van der Waals surface area contributed by atoms with E-state index in [0.717, 1.165) is 31.7 Å². The van der Waals surface area contributed by atoms with Crippen LogP contribution in [-0.4, -0.2) is 22.6 Å². The topological polar surface area (TPSA) is 49.8 Å². The summed E-state index contributed by atoms with van der Waals surface area (Å²) >= 11 is 0. The maximum Gasteiger partial charge on any atom is 0.433 e. The van der Waals surface area contributed by atoms with Gasteiger partial charge in [0.05, 0.1) is 0 Å². The van der Waals surface area contributed by atoms with Crippen molar-refractivity contribution in [3.8, 4) is 0 Å². The second-order valence-corrected chi connectivity index (χ2v) is 5.03. The molecule has 0 saturated carbocycles. The summed E-state index contributed by atoms with van der Waals surface area (Å²) in [6.45, 7) is 6.30. The summed E-state index contributed by atoms with van der Waals surface area (Å²) < 4.78 is 38.5. The maximum atomic E-state index is 12.8. The Morgan fingerprint density at radius 1 is 1.19 bits per heavy atom. The average molecular weight is 304 g/mol. The molecule has 0 saturated heterocycles. The van der Waals surface area contributed by atoms with Crippen molar-refractivity contribution in [2.24, 2.45) is 0 Å². The van der Waals surface area contributed by atoms with E-state index in [0.29, 0.717) is 6.54 Å². The third-order valence-corrected chi connectivity index (χ3v) is 2.99. The number of anilines is 2. The Morgan fingerprint density at radius 3 is 2.48 bits per heavy atom. The molecule has 2 N–H and O–H groups in total. The van der Waals surface area contributed by atoms with E-state index in [2.05, 4.69) is 27.5 Å². The molecule has 4 nitrogen and oxygen atoms in total. The lowest BCUT2D eigenvalue weighted by Gasteiger charge is -2.16. The standard InChI is InChI=1S/C14H23F3N4/c1-4-6-7-8-10(3)19-12-9-11(14(15,16)17)20-13(21-12)18-5-2/h9-10H,4-8H2,1-3H3,(H2,18,19,20,21). The number of nitrogens with zero attached hydrogens (tertiary/aromatic N) is 2. The molecule has 7 heteroatoms. The molecule has 0 radical (unpaired) electrons. The van der Waals surface area contributed by atoms with Gasteiger partial charge < -0.3 is 10.6 Å². The van der Waals surface area contributed by atoms with E-state index in [1.54, 1.807) is 6.92 Å². The SMILES string of the molecule is CCCCCC(C)Nc1cc(C(F)(F)F)nc(NCC)n1. The highest BCUT2D eigenvalue weighted by atomic mass is 19.4. The fourth-order valence-electron chi connectivity index (χ4n) is 1.93. The number of halogens is 3. The summed E-state index contributed by atoms with van der Waals surface area (Å²) in [5.74, 6) is 0.202. The highest BCUT2D eigenvalue weighted by Gasteiger charge is 2.33. The number of alkyl halides is 3. The van der Waals surface area contributed by atoms with Crippen LogP contribution in [0.15, 0.2) is 6.07 Å². The van der Waals surface area contributed by atoms with Gasteiger partial charge in [0, 0.05) is 18.7 Å². The second kappa shape index (κ2) is 8.05. The molecule has 0 aliphatic rings. The lowest BCUT2D eigenvalue weighted by molar-refractivity contribution is -0.141. The summed E-state index contributed by atoms with van der Waals surface area (Å²) in [5.41, 5.74) is -0.934. The van der Waals surface area contributed by atoms with E-state index >= 15 is 0 Å². The monoisotopic (exact) mass is 304 g/mol. The van der Waals surface area contributed by atoms with Gasteiger partial charge in [-0.1, -0.05) is 26.2 Å². The maximum absolute atomic E-state index is 12.8. The van der Waals surface area contributed by atoms with Crippen molar-refractivity contribution in [2.75, 3.05) is 17.2 Å². The van der Waals surface area contributed by atoms with Gasteiger partial charge in [-0.05, 0) is 20.3 Å². The molecule has 0 aromatic carbocycles.